The molecule has 0 saturated heterocycles. The molecule has 0 aliphatic carbocycles. The van der Waals surface area contributed by atoms with Gasteiger partial charge in [-0.15, -0.1) is 0 Å². The fraction of sp³-hybridized carbons (Fsp3) is 0.310. The predicted molar refractivity (Wildman–Crippen MR) is 141 cm³/mol. The van der Waals surface area contributed by atoms with Gasteiger partial charge in [0.2, 0.25) is 0 Å². The lowest BCUT2D eigenvalue weighted by atomic mass is 9.87. The van der Waals surface area contributed by atoms with Crippen molar-refractivity contribution >= 4 is 6.08 Å². The third-order valence-corrected chi connectivity index (χ3v) is 6.07. The van der Waals surface area contributed by atoms with Gasteiger partial charge in [0, 0.05) is 29.3 Å². The average Bonchev–Trinajstić information content (AvgIpc) is 2.95. The number of allylic oxidation sites excluding steroid dienone is 1. The second kappa shape index (κ2) is 12.4. The molecule has 8 nitrogen and oxygen atoms in total. The standard InChI is InChI=1S/C29H34O8/c1-8-9-23-26(28(30)17-10-19(32-2)14-20(11-17)33-3)24(36-6)16-25(37-7)27(23)29(31)18-12-21(34-4)15-22(13-18)35-5/h8-16,28-31H,1-7H3/b9-8+. The van der Waals surface area contributed by atoms with E-state index in [1.807, 2.05) is 13.0 Å². The van der Waals surface area contributed by atoms with Crippen LogP contribution in [0.1, 0.15) is 46.9 Å². The summed E-state index contributed by atoms with van der Waals surface area (Å²) < 4.78 is 33.0. The smallest absolute Gasteiger partial charge is 0.129 e. The van der Waals surface area contributed by atoms with Gasteiger partial charge in [-0.1, -0.05) is 12.2 Å². The Balaban J connectivity index is 2.33. The van der Waals surface area contributed by atoms with E-state index in [-0.39, 0.29) is 0 Å². The number of rotatable bonds is 11. The highest BCUT2D eigenvalue weighted by molar-refractivity contribution is 5.69. The van der Waals surface area contributed by atoms with E-state index in [4.69, 9.17) is 28.4 Å². The van der Waals surface area contributed by atoms with Crippen LogP contribution in [0, 0.1) is 0 Å². The second-order valence-electron chi connectivity index (χ2n) is 8.12. The molecule has 8 heteroatoms. The zero-order chi connectivity index (χ0) is 27.1. The van der Waals surface area contributed by atoms with Gasteiger partial charge in [0.1, 0.15) is 46.7 Å². The first kappa shape index (κ1) is 27.7. The number of hydrogen-bond donors (Lipinski definition) is 2. The van der Waals surface area contributed by atoms with Crippen LogP contribution in [-0.4, -0.2) is 52.9 Å². The molecule has 0 fully saturated rings. The summed E-state index contributed by atoms with van der Waals surface area (Å²) in [5.41, 5.74) is 2.48. The van der Waals surface area contributed by atoms with Gasteiger partial charge in [-0.05, 0) is 47.9 Å². The third kappa shape index (κ3) is 5.76. The van der Waals surface area contributed by atoms with E-state index >= 15 is 0 Å². The molecule has 198 valence electrons. The van der Waals surface area contributed by atoms with E-state index in [9.17, 15) is 10.2 Å². The lowest BCUT2D eigenvalue weighted by Crippen LogP contribution is -2.12. The second-order valence-corrected chi connectivity index (χ2v) is 8.12. The summed E-state index contributed by atoms with van der Waals surface area (Å²) in [5.74, 6) is 2.88. The molecule has 0 radical (unpaired) electrons. The third-order valence-electron chi connectivity index (χ3n) is 6.07. The van der Waals surface area contributed by atoms with Crippen molar-refractivity contribution in [3.05, 3.63) is 76.4 Å². The number of ether oxygens (including phenoxy) is 6. The Morgan fingerprint density at radius 2 is 0.892 bits per heavy atom. The van der Waals surface area contributed by atoms with E-state index in [2.05, 4.69) is 0 Å². The fourth-order valence-corrected chi connectivity index (χ4v) is 4.24. The lowest BCUT2D eigenvalue weighted by molar-refractivity contribution is 0.204. The molecule has 0 amide bonds. The first-order valence-electron chi connectivity index (χ1n) is 11.6. The first-order valence-corrected chi connectivity index (χ1v) is 11.6. The Hall–Kier alpha value is -3.88. The lowest BCUT2D eigenvalue weighted by Gasteiger charge is -2.26. The molecule has 0 heterocycles. The molecule has 0 aromatic heterocycles. The van der Waals surface area contributed by atoms with E-state index in [1.165, 1.54) is 14.2 Å². The minimum Gasteiger partial charge on any atom is -0.497 e. The van der Waals surface area contributed by atoms with Crippen LogP contribution in [0.3, 0.4) is 0 Å². The van der Waals surface area contributed by atoms with Gasteiger partial charge >= 0.3 is 0 Å². The Labute approximate surface area is 217 Å². The van der Waals surface area contributed by atoms with Crippen molar-refractivity contribution in [2.24, 2.45) is 0 Å². The molecule has 2 atom stereocenters. The van der Waals surface area contributed by atoms with E-state index < -0.39 is 12.2 Å². The van der Waals surface area contributed by atoms with Crippen LogP contribution in [0.25, 0.3) is 6.08 Å². The predicted octanol–water partition coefficient (Wildman–Crippen LogP) is 4.93. The Morgan fingerprint density at radius 3 is 1.16 bits per heavy atom. The van der Waals surface area contributed by atoms with Gasteiger partial charge in [0.05, 0.1) is 42.7 Å². The molecular formula is C29H34O8. The van der Waals surface area contributed by atoms with Crippen molar-refractivity contribution in [3.63, 3.8) is 0 Å². The highest BCUT2D eigenvalue weighted by Gasteiger charge is 2.29. The van der Waals surface area contributed by atoms with Crippen molar-refractivity contribution < 1.29 is 38.6 Å². The number of aliphatic hydroxyl groups excluding tert-OH is 2. The van der Waals surface area contributed by atoms with Gasteiger partial charge in [-0.3, -0.25) is 0 Å². The molecule has 37 heavy (non-hydrogen) atoms. The van der Waals surface area contributed by atoms with Gasteiger partial charge in [0.15, 0.2) is 0 Å². The number of aliphatic hydroxyl groups is 2. The summed E-state index contributed by atoms with van der Waals surface area (Å²) in [7, 11) is 9.20. The summed E-state index contributed by atoms with van der Waals surface area (Å²) in [6.45, 7) is 1.85. The van der Waals surface area contributed by atoms with Crippen LogP contribution in [0.5, 0.6) is 34.5 Å². The molecule has 2 N–H and O–H groups in total. The molecular weight excluding hydrogens is 476 g/mol. The van der Waals surface area contributed by atoms with Gasteiger partial charge < -0.3 is 38.6 Å². The van der Waals surface area contributed by atoms with E-state index in [1.54, 1.807) is 77.0 Å². The van der Waals surface area contributed by atoms with E-state index in [0.29, 0.717) is 62.3 Å². The number of methoxy groups -OCH3 is 6. The summed E-state index contributed by atoms with van der Waals surface area (Å²) in [6, 6.07) is 12.0. The van der Waals surface area contributed by atoms with Crippen LogP contribution in [0.2, 0.25) is 0 Å². The minimum atomic E-state index is -1.15. The van der Waals surface area contributed by atoms with Crippen molar-refractivity contribution in [3.8, 4) is 34.5 Å². The molecule has 3 aromatic carbocycles. The summed E-state index contributed by atoms with van der Waals surface area (Å²) in [4.78, 5) is 0. The maximum Gasteiger partial charge on any atom is 0.129 e. The van der Waals surface area contributed by atoms with Crippen LogP contribution in [0.15, 0.2) is 48.5 Å². The quantitative estimate of drug-likeness (QED) is 0.375. The van der Waals surface area contributed by atoms with Crippen LogP contribution >= 0.6 is 0 Å². The number of hydrogen-bond acceptors (Lipinski definition) is 8. The van der Waals surface area contributed by atoms with Crippen LogP contribution < -0.4 is 28.4 Å². The van der Waals surface area contributed by atoms with Crippen LogP contribution in [-0.2, 0) is 0 Å². The van der Waals surface area contributed by atoms with Crippen molar-refractivity contribution in [2.45, 2.75) is 19.1 Å². The first-order chi connectivity index (χ1) is 17.8. The maximum absolute atomic E-state index is 11.7. The monoisotopic (exact) mass is 510 g/mol. The summed E-state index contributed by atoms with van der Waals surface area (Å²) in [6.07, 6.45) is 1.32. The minimum absolute atomic E-state index is 0.387. The Kier molecular flexibility index (Phi) is 9.27. The van der Waals surface area contributed by atoms with Crippen molar-refractivity contribution in [2.75, 3.05) is 42.7 Å². The molecule has 2 unspecified atom stereocenters. The van der Waals surface area contributed by atoms with Gasteiger partial charge in [-0.2, -0.15) is 0 Å². The zero-order valence-electron chi connectivity index (χ0n) is 22.2. The van der Waals surface area contributed by atoms with Crippen LogP contribution in [0.4, 0.5) is 0 Å². The zero-order valence-corrected chi connectivity index (χ0v) is 22.2. The van der Waals surface area contributed by atoms with Crippen molar-refractivity contribution in [1.29, 1.82) is 0 Å². The molecule has 0 bridgehead atoms. The maximum atomic E-state index is 11.7. The Bertz CT molecular complexity index is 1120. The highest BCUT2D eigenvalue weighted by atomic mass is 16.5. The molecule has 3 rings (SSSR count). The van der Waals surface area contributed by atoms with E-state index in [0.717, 1.165) is 0 Å². The Morgan fingerprint density at radius 1 is 0.541 bits per heavy atom. The molecule has 0 saturated carbocycles. The van der Waals surface area contributed by atoms with Gasteiger partial charge in [0.25, 0.3) is 0 Å². The largest absolute Gasteiger partial charge is 0.497 e. The topological polar surface area (TPSA) is 95.8 Å². The molecule has 0 aliphatic rings. The summed E-state index contributed by atoms with van der Waals surface area (Å²) >= 11 is 0. The SMILES string of the molecule is C/C=C/c1c(C(O)c2cc(OC)cc(OC)c2)c(OC)cc(OC)c1C(O)c1cc(OC)cc(OC)c1. The van der Waals surface area contributed by atoms with Gasteiger partial charge in [-0.25, -0.2) is 0 Å². The summed E-state index contributed by atoms with van der Waals surface area (Å²) in [5, 5.41) is 23.3. The average molecular weight is 511 g/mol. The molecule has 3 aromatic rings. The normalized spacial score (nSPS) is 12.7. The fourth-order valence-electron chi connectivity index (χ4n) is 4.24. The molecule has 0 aliphatic heterocycles. The highest BCUT2D eigenvalue weighted by Crippen LogP contribution is 2.45. The molecule has 0 spiro atoms. The number of benzene rings is 3. The van der Waals surface area contributed by atoms with Crippen molar-refractivity contribution in [1.82, 2.24) is 0 Å².